The van der Waals surface area contributed by atoms with Crippen molar-refractivity contribution in [2.45, 2.75) is 19.8 Å². The lowest BCUT2D eigenvalue weighted by Crippen LogP contribution is -3.00. The van der Waals surface area contributed by atoms with Gasteiger partial charge in [-0.25, -0.2) is 0 Å². The van der Waals surface area contributed by atoms with Gasteiger partial charge >= 0.3 is 0 Å². The van der Waals surface area contributed by atoms with Crippen LogP contribution in [0.3, 0.4) is 0 Å². The normalized spacial score (nSPS) is 14.4. The summed E-state index contributed by atoms with van der Waals surface area (Å²) in [5, 5.41) is 11.6. The van der Waals surface area contributed by atoms with Gasteiger partial charge in [0.2, 0.25) is 0 Å². The lowest BCUT2D eigenvalue weighted by Gasteiger charge is -1.94. The number of thioether (sulfide) groups is 1. The van der Waals surface area contributed by atoms with Crippen molar-refractivity contribution in [1.29, 1.82) is 0 Å². The van der Waals surface area contributed by atoms with E-state index < -0.39 is 0 Å². The lowest BCUT2D eigenvalue weighted by molar-refractivity contribution is -0.0000126. The molecule has 0 aromatic carbocycles. The van der Waals surface area contributed by atoms with Gasteiger partial charge in [0.05, 0.1) is 14.8 Å². The molecule has 97 valence electrons. The van der Waals surface area contributed by atoms with E-state index in [1.165, 1.54) is 23.1 Å². The fraction of sp³-hybridized carbons (Fsp3) is 0.333. The summed E-state index contributed by atoms with van der Waals surface area (Å²) in [6, 6.07) is 3.71. The molecule has 0 aliphatic carbocycles. The average molecular weight is 347 g/mol. The van der Waals surface area contributed by atoms with Gasteiger partial charge < -0.3 is 22.1 Å². The molecular weight excluding hydrogens is 334 g/mol. The minimum Gasteiger partial charge on any atom is -1.00 e. The summed E-state index contributed by atoms with van der Waals surface area (Å²) >= 11 is 2.98. The van der Waals surface area contributed by atoms with Crippen molar-refractivity contribution in [3.63, 3.8) is 0 Å². The Morgan fingerprint density at radius 3 is 2.89 bits per heavy atom. The van der Waals surface area contributed by atoms with Crippen molar-refractivity contribution < 1.29 is 26.9 Å². The largest absolute Gasteiger partial charge is 1.00 e. The Morgan fingerprint density at radius 1 is 1.50 bits per heavy atom. The highest BCUT2D eigenvalue weighted by molar-refractivity contribution is 8.17. The highest BCUT2D eigenvalue weighted by atomic mass is 79.9. The predicted octanol–water partition coefficient (Wildman–Crippen LogP) is -0.580. The zero-order chi connectivity index (χ0) is 12.3. The van der Waals surface area contributed by atoms with Crippen LogP contribution in [-0.2, 0) is 0 Å². The van der Waals surface area contributed by atoms with Gasteiger partial charge in [-0.3, -0.25) is 4.79 Å². The van der Waals surface area contributed by atoms with Crippen molar-refractivity contribution in [3.8, 4) is 0 Å². The van der Waals surface area contributed by atoms with Gasteiger partial charge in [0.1, 0.15) is 6.42 Å². The molecule has 0 unspecified atom stereocenters. The average Bonchev–Trinajstić information content (AvgIpc) is 2.90. The van der Waals surface area contributed by atoms with E-state index in [1.54, 1.807) is 0 Å². The first-order valence-corrected chi connectivity index (χ1v) is 7.03. The number of halogens is 1. The van der Waals surface area contributed by atoms with Crippen LogP contribution < -0.4 is 22.0 Å². The van der Waals surface area contributed by atoms with Crippen LogP contribution in [0.5, 0.6) is 0 Å². The SMILES string of the molecule is CC1=C(CCO)SC(CC(=O)c2cccs2)=[N+]1.[Br-]. The van der Waals surface area contributed by atoms with Crippen LogP contribution in [0.15, 0.2) is 28.1 Å². The molecule has 2 rings (SSSR count). The highest BCUT2D eigenvalue weighted by Gasteiger charge is 2.30. The fourth-order valence-corrected chi connectivity index (χ4v) is 3.28. The maximum atomic E-state index is 11.9. The Morgan fingerprint density at radius 2 is 2.28 bits per heavy atom. The van der Waals surface area contributed by atoms with Crippen LogP contribution in [0.4, 0.5) is 0 Å². The number of carbonyl (C=O) groups excluding carboxylic acids is 1. The quantitative estimate of drug-likeness (QED) is 0.726. The molecule has 0 amide bonds. The molecule has 6 heteroatoms. The van der Waals surface area contributed by atoms with E-state index in [1.807, 2.05) is 24.4 Å². The van der Waals surface area contributed by atoms with Gasteiger partial charge in [-0.15, -0.1) is 11.3 Å². The van der Waals surface area contributed by atoms with Gasteiger partial charge in [0, 0.05) is 20.0 Å². The molecule has 0 atom stereocenters. The summed E-state index contributed by atoms with van der Waals surface area (Å²) in [7, 11) is 0. The number of aliphatic hydroxyl groups is 1. The van der Waals surface area contributed by atoms with Crippen LogP contribution in [0.25, 0.3) is 0 Å². The lowest BCUT2D eigenvalue weighted by atomic mass is 10.2. The van der Waals surface area contributed by atoms with Crippen molar-refractivity contribution >= 4 is 33.9 Å². The number of allylic oxidation sites excluding steroid dienone is 1. The molecule has 0 saturated carbocycles. The molecule has 1 aliphatic heterocycles. The third-order valence-corrected chi connectivity index (χ3v) is 4.51. The molecule has 0 bridgehead atoms. The minimum atomic E-state index is 0. The number of carbonyl (C=O) groups is 1. The highest BCUT2D eigenvalue weighted by Crippen LogP contribution is 2.29. The molecule has 1 radical (unpaired) electrons. The van der Waals surface area contributed by atoms with Gasteiger partial charge in [-0.1, -0.05) is 6.07 Å². The minimum absolute atomic E-state index is 0. The Bertz CT molecular complexity index is 480. The monoisotopic (exact) mass is 346 g/mol. The number of aliphatic hydroxyl groups excluding tert-OH is 1. The summed E-state index contributed by atoms with van der Waals surface area (Å²) < 4.78 is 0. The second-order valence-corrected chi connectivity index (χ2v) is 5.78. The number of Topliss-reactive ketones (excluding diaryl/α,β-unsaturated/α-hetero) is 1. The molecule has 0 saturated heterocycles. The van der Waals surface area contributed by atoms with E-state index in [-0.39, 0.29) is 29.4 Å². The van der Waals surface area contributed by atoms with E-state index in [0.717, 1.165) is 20.5 Å². The molecule has 0 spiro atoms. The van der Waals surface area contributed by atoms with Gasteiger partial charge in [0.25, 0.3) is 10.7 Å². The topological polar surface area (TPSA) is 51.4 Å². The molecule has 2 heterocycles. The first kappa shape index (κ1) is 15.6. The summed E-state index contributed by atoms with van der Waals surface area (Å²) in [5.74, 6) is 0.115. The third kappa shape index (κ3) is 3.78. The molecule has 1 aliphatic rings. The van der Waals surface area contributed by atoms with E-state index in [9.17, 15) is 4.79 Å². The van der Waals surface area contributed by atoms with Crippen LogP contribution in [0.1, 0.15) is 29.4 Å². The third-order valence-electron chi connectivity index (χ3n) is 2.38. The number of ketones is 1. The number of rotatable bonds is 5. The maximum Gasteiger partial charge on any atom is 0.300 e. The summed E-state index contributed by atoms with van der Waals surface area (Å²) in [6.45, 7) is 2.04. The standard InChI is InChI=1S/C12H13NO2S2.BrH/c1-8-10(4-5-14)17-12(13-8)7-9(15)11-3-2-6-16-11;/h2-3,6,14H,4-5,7H2,1H3;1H/q+1;/p-1. The predicted molar refractivity (Wildman–Crippen MR) is 72.4 cm³/mol. The van der Waals surface area contributed by atoms with E-state index in [2.05, 4.69) is 4.99 Å². The second kappa shape index (κ2) is 7.23. The Hall–Kier alpha value is -0.430. The summed E-state index contributed by atoms with van der Waals surface area (Å²) in [4.78, 5) is 18.1. The number of hydrogen-bond donors (Lipinski definition) is 1. The molecule has 1 aromatic heterocycles. The van der Waals surface area contributed by atoms with E-state index >= 15 is 0 Å². The number of aliphatic imine (C=N–C) groups is 1. The van der Waals surface area contributed by atoms with Gasteiger partial charge in [-0.2, -0.15) is 0 Å². The van der Waals surface area contributed by atoms with E-state index in [4.69, 9.17) is 5.11 Å². The Balaban J connectivity index is 0.00000162. The van der Waals surface area contributed by atoms with Crippen LogP contribution in [-0.4, -0.2) is 22.5 Å². The zero-order valence-corrected chi connectivity index (χ0v) is 13.1. The molecule has 18 heavy (non-hydrogen) atoms. The second-order valence-electron chi connectivity index (χ2n) is 3.67. The molecular formula is C12H13BrNO2S2. The number of hydrogen-bond acceptors (Lipinski definition) is 5. The smallest absolute Gasteiger partial charge is 0.300 e. The van der Waals surface area contributed by atoms with Crippen molar-refractivity contribution in [3.05, 3.63) is 33.0 Å². The Labute approximate surface area is 125 Å². The molecule has 1 N–H and O–H groups in total. The molecule has 3 nitrogen and oxygen atoms in total. The molecule has 1 aromatic rings. The van der Waals surface area contributed by atoms with Crippen LogP contribution in [0, 0.1) is 0 Å². The summed E-state index contributed by atoms with van der Waals surface area (Å²) in [6.07, 6.45) is 0.980. The molecule has 0 fully saturated rings. The van der Waals surface area contributed by atoms with Crippen LogP contribution >= 0.6 is 23.1 Å². The number of thiophene rings is 1. The maximum absolute atomic E-state index is 11.9. The van der Waals surface area contributed by atoms with Crippen molar-refractivity contribution in [2.75, 3.05) is 6.61 Å². The number of nitrogens with zero attached hydrogens (tertiary/aromatic N) is 1. The van der Waals surface area contributed by atoms with Crippen molar-refractivity contribution in [2.24, 2.45) is 0 Å². The summed E-state index contributed by atoms with van der Waals surface area (Å²) in [5.41, 5.74) is 0.929. The van der Waals surface area contributed by atoms with Crippen molar-refractivity contribution in [1.82, 2.24) is 4.99 Å². The fourth-order valence-electron chi connectivity index (χ4n) is 1.56. The first-order chi connectivity index (χ1) is 8.20. The first-order valence-electron chi connectivity index (χ1n) is 5.33. The van der Waals surface area contributed by atoms with Gasteiger partial charge in [-0.05, 0) is 23.2 Å². The van der Waals surface area contributed by atoms with Gasteiger partial charge in [0.15, 0.2) is 5.78 Å². The van der Waals surface area contributed by atoms with E-state index in [0.29, 0.717) is 12.8 Å². The van der Waals surface area contributed by atoms with Crippen LogP contribution in [0.2, 0.25) is 0 Å². The Kier molecular flexibility index (Phi) is 6.28. The zero-order valence-electron chi connectivity index (χ0n) is 9.85.